The van der Waals surface area contributed by atoms with Crippen LogP contribution in [-0.4, -0.2) is 81.4 Å². The molecular formula is C37H46N6O6S. The molecular weight excluding hydrogens is 657 g/mol. The van der Waals surface area contributed by atoms with E-state index in [4.69, 9.17) is 4.74 Å². The highest BCUT2D eigenvalue weighted by atomic mass is 32.2. The first-order chi connectivity index (χ1) is 24.1. The van der Waals surface area contributed by atoms with Gasteiger partial charge in [0.15, 0.2) is 0 Å². The van der Waals surface area contributed by atoms with Crippen molar-refractivity contribution in [3.8, 4) is 0 Å². The first-order valence-corrected chi connectivity index (χ1v) is 18.1. The Morgan fingerprint density at radius 3 is 2.48 bits per heavy atom. The van der Waals surface area contributed by atoms with Gasteiger partial charge in [-0.25, -0.2) is 9.78 Å². The number of nitrogens with one attached hydrogen (secondary N) is 2. The zero-order valence-electron chi connectivity index (χ0n) is 29.0. The van der Waals surface area contributed by atoms with E-state index < -0.39 is 16.9 Å². The van der Waals surface area contributed by atoms with Crippen LogP contribution in [0.15, 0.2) is 79.3 Å². The Morgan fingerprint density at radius 2 is 1.78 bits per heavy atom. The van der Waals surface area contributed by atoms with E-state index in [2.05, 4.69) is 47.7 Å². The highest BCUT2D eigenvalue weighted by molar-refractivity contribution is 7.98. The van der Waals surface area contributed by atoms with E-state index in [0.717, 1.165) is 28.3 Å². The minimum atomic E-state index is -0.750. The van der Waals surface area contributed by atoms with Crippen LogP contribution in [-0.2, 0) is 38.6 Å². The Morgan fingerprint density at radius 1 is 1.04 bits per heavy atom. The predicted molar refractivity (Wildman–Crippen MR) is 196 cm³/mol. The summed E-state index contributed by atoms with van der Waals surface area (Å²) in [4.78, 5) is 56.4. The Labute approximate surface area is 297 Å². The average Bonchev–Trinajstić information content (AvgIpc) is 3.54. The zero-order valence-corrected chi connectivity index (χ0v) is 29.9. The van der Waals surface area contributed by atoms with Gasteiger partial charge in [0.2, 0.25) is 11.8 Å². The first-order valence-electron chi connectivity index (χ1n) is 16.7. The van der Waals surface area contributed by atoms with Crippen LogP contribution in [0.5, 0.6) is 0 Å². The standard InChI is InChI=1S/C37H46N6O6S/c1-5-26(2)34(40-35(44)19-31-20-38-25-42(31)21-27-13-15-30(16-14-27)43(47)48)23-41(22-29-11-8-10-28-9-6-7-12-32(28)29)24-36(45)39-33(17-18-50-4)37(46)49-3/h6-16,20,25-26,33-34H,5,17-19,21-24H2,1-4H3,(H,39,45)(H,40,44)/t26-,33-,34+/m0/s1. The van der Waals surface area contributed by atoms with Crippen LogP contribution >= 0.6 is 11.8 Å². The van der Waals surface area contributed by atoms with Gasteiger partial charge < -0.3 is 19.9 Å². The number of methoxy groups -OCH3 is 1. The molecule has 0 saturated carbocycles. The number of fused-ring (bicyclic) bond motifs is 1. The molecule has 0 spiro atoms. The largest absolute Gasteiger partial charge is 0.467 e. The molecule has 0 unspecified atom stereocenters. The van der Waals surface area contributed by atoms with Crippen molar-refractivity contribution in [2.24, 2.45) is 5.92 Å². The molecule has 266 valence electrons. The number of imidazole rings is 1. The number of nitro groups is 1. The van der Waals surface area contributed by atoms with Gasteiger partial charge >= 0.3 is 5.97 Å². The van der Waals surface area contributed by atoms with E-state index in [9.17, 15) is 24.5 Å². The topological polar surface area (TPSA) is 149 Å². The lowest BCUT2D eigenvalue weighted by molar-refractivity contribution is -0.384. The molecule has 4 aromatic rings. The lowest BCUT2D eigenvalue weighted by Crippen LogP contribution is -2.51. The number of esters is 1. The fraction of sp³-hybridized carbons (Fsp3) is 0.405. The second-order valence-electron chi connectivity index (χ2n) is 12.4. The lowest BCUT2D eigenvalue weighted by atomic mass is 9.97. The molecule has 0 radical (unpaired) electrons. The molecule has 0 aliphatic heterocycles. The number of hydrogen-bond donors (Lipinski definition) is 2. The fourth-order valence-corrected chi connectivity index (χ4v) is 6.31. The van der Waals surface area contributed by atoms with Crippen molar-refractivity contribution in [2.45, 2.75) is 58.3 Å². The van der Waals surface area contributed by atoms with E-state index >= 15 is 0 Å². The van der Waals surface area contributed by atoms with Crippen molar-refractivity contribution < 1.29 is 24.0 Å². The van der Waals surface area contributed by atoms with Gasteiger partial charge in [-0.3, -0.25) is 24.6 Å². The second kappa shape index (κ2) is 18.9. The molecule has 12 nitrogen and oxygen atoms in total. The van der Waals surface area contributed by atoms with E-state index in [1.807, 2.05) is 40.0 Å². The number of benzene rings is 3. The van der Waals surface area contributed by atoms with Crippen LogP contribution in [0, 0.1) is 16.0 Å². The van der Waals surface area contributed by atoms with Gasteiger partial charge in [0, 0.05) is 49.7 Å². The number of non-ortho nitro benzene ring substituents is 1. The summed E-state index contributed by atoms with van der Waals surface area (Å²) in [6.45, 7) is 5.42. The number of hydrogen-bond acceptors (Lipinski definition) is 9. The maximum absolute atomic E-state index is 13.6. The number of ether oxygens (including phenoxy) is 1. The van der Waals surface area contributed by atoms with Crippen molar-refractivity contribution >= 4 is 46.0 Å². The molecule has 0 aliphatic carbocycles. The van der Waals surface area contributed by atoms with Crippen LogP contribution < -0.4 is 10.6 Å². The van der Waals surface area contributed by atoms with Gasteiger partial charge in [0.1, 0.15) is 6.04 Å². The third kappa shape index (κ3) is 10.9. The molecule has 0 fully saturated rings. The highest BCUT2D eigenvalue weighted by Crippen LogP contribution is 2.21. The summed E-state index contributed by atoms with van der Waals surface area (Å²) in [5.74, 6) is -0.185. The number of rotatable bonds is 19. The van der Waals surface area contributed by atoms with E-state index in [0.29, 0.717) is 37.5 Å². The number of nitrogens with zero attached hydrogens (tertiary/aromatic N) is 4. The predicted octanol–water partition coefficient (Wildman–Crippen LogP) is 4.98. The molecule has 50 heavy (non-hydrogen) atoms. The van der Waals surface area contributed by atoms with Crippen LogP contribution in [0.2, 0.25) is 0 Å². The molecule has 4 rings (SSSR count). The summed E-state index contributed by atoms with van der Waals surface area (Å²) in [5.41, 5.74) is 2.61. The lowest BCUT2D eigenvalue weighted by Gasteiger charge is -2.32. The Hall–Kier alpha value is -4.75. The van der Waals surface area contributed by atoms with Gasteiger partial charge in [-0.2, -0.15) is 11.8 Å². The van der Waals surface area contributed by atoms with E-state index in [-0.39, 0.29) is 42.4 Å². The molecule has 3 atom stereocenters. The van der Waals surface area contributed by atoms with Crippen LogP contribution in [0.4, 0.5) is 5.69 Å². The van der Waals surface area contributed by atoms with Crippen molar-refractivity contribution in [2.75, 3.05) is 32.2 Å². The van der Waals surface area contributed by atoms with E-state index in [1.165, 1.54) is 19.2 Å². The minimum Gasteiger partial charge on any atom is -0.467 e. The highest BCUT2D eigenvalue weighted by Gasteiger charge is 2.26. The molecule has 0 bridgehead atoms. The summed E-state index contributed by atoms with van der Waals surface area (Å²) in [6, 6.07) is 19.5. The number of carbonyl (C=O) groups is 3. The molecule has 2 amide bonds. The normalized spacial score (nSPS) is 13.1. The summed E-state index contributed by atoms with van der Waals surface area (Å²) < 4.78 is 6.81. The average molecular weight is 703 g/mol. The number of amides is 2. The smallest absolute Gasteiger partial charge is 0.328 e. The third-order valence-corrected chi connectivity index (χ3v) is 9.49. The maximum atomic E-state index is 13.6. The summed E-state index contributed by atoms with van der Waals surface area (Å²) in [6.07, 6.45) is 6.57. The van der Waals surface area contributed by atoms with Gasteiger partial charge in [0.25, 0.3) is 5.69 Å². The molecule has 1 aromatic heterocycles. The first kappa shape index (κ1) is 38.1. The fourth-order valence-electron chi connectivity index (χ4n) is 5.84. The van der Waals surface area contributed by atoms with Gasteiger partial charge in [-0.1, -0.05) is 74.9 Å². The monoisotopic (exact) mass is 702 g/mol. The van der Waals surface area contributed by atoms with Gasteiger partial charge in [-0.15, -0.1) is 0 Å². The summed E-state index contributed by atoms with van der Waals surface area (Å²) in [5, 5.41) is 19.3. The SMILES string of the molecule is CC[C@H](C)[C@@H](CN(CC(=O)N[C@@H](CCSC)C(=O)OC)Cc1cccc2ccccc12)NC(=O)Cc1cncn1Cc1ccc([N+](=O)[O-])cc1. The minimum absolute atomic E-state index is 0.0147. The van der Waals surface area contributed by atoms with Crippen molar-refractivity contribution in [1.29, 1.82) is 0 Å². The van der Waals surface area contributed by atoms with Crippen LogP contribution in [0.3, 0.4) is 0 Å². The Kier molecular flexibility index (Phi) is 14.4. The summed E-state index contributed by atoms with van der Waals surface area (Å²) >= 11 is 1.59. The van der Waals surface area contributed by atoms with Crippen LogP contribution in [0.25, 0.3) is 10.8 Å². The zero-order chi connectivity index (χ0) is 36.0. The molecule has 3 aromatic carbocycles. The number of nitro benzene ring substituents is 1. The summed E-state index contributed by atoms with van der Waals surface area (Å²) in [7, 11) is 1.31. The Balaban J connectivity index is 1.52. The van der Waals surface area contributed by atoms with Crippen LogP contribution in [0.1, 0.15) is 43.5 Å². The molecule has 13 heteroatoms. The van der Waals surface area contributed by atoms with Crippen molar-refractivity contribution in [3.05, 3.63) is 106 Å². The van der Waals surface area contributed by atoms with Crippen molar-refractivity contribution in [1.82, 2.24) is 25.1 Å². The molecule has 0 aliphatic rings. The number of thioether (sulfide) groups is 1. The Bertz CT molecular complexity index is 1740. The quantitative estimate of drug-likeness (QED) is 0.0784. The maximum Gasteiger partial charge on any atom is 0.328 e. The molecule has 1 heterocycles. The van der Waals surface area contributed by atoms with Gasteiger partial charge in [-0.05, 0) is 46.2 Å². The number of aromatic nitrogens is 2. The second-order valence-corrected chi connectivity index (χ2v) is 13.4. The van der Waals surface area contributed by atoms with Gasteiger partial charge in [0.05, 0.1) is 31.3 Å². The van der Waals surface area contributed by atoms with E-state index in [1.54, 1.807) is 36.4 Å². The third-order valence-electron chi connectivity index (χ3n) is 8.85. The molecule has 2 N–H and O–H groups in total. The molecule has 0 saturated heterocycles. The van der Waals surface area contributed by atoms with Crippen molar-refractivity contribution in [3.63, 3.8) is 0 Å². The number of carbonyl (C=O) groups excluding carboxylic acids is 3.